The molecule has 0 spiro atoms. The van der Waals surface area contributed by atoms with Crippen molar-refractivity contribution in [2.45, 2.75) is 31.6 Å². The molecular formula is C14H16ClNO5S. The maximum atomic E-state index is 11.9. The fourth-order valence-corrected chi connectivity index (χ4v) is 3.20. The molecule has 8 heteroatoms. The average molecular weight is 346 g/mol. The van der Waals surface area contributed by atoms with Crippen LogP contribution in [0.1, 0.15) is 30.6 Å². The van der Waals surface area contributed by atoms with E-state index in [1.54, 1.807) is 26.0 Å². The minimum absolute atomic E-state index is 0.0143. The van der Waals surface area contributed by atoms with E-state index < -0.39 is 20.3 Å². The summed E-state index contributed by atoms with van der Waals surface area (Å²) in [5, 5.41) is -0.910. The Bertz CT molecular complexity index is 684. The van der Waals surface area contributed by atoms with E-state index in [4.69, 9.17) is 15.4 Å². The maximum absolute atomic E-state index is 11.9. The summed E-state index contributed by atoms with van der Waals surface area (Å²) in [6.07, 6.45) is -0.356. The van der Waals surface area contributed by atoms with Gasteiger partial charge in [-0.3, -0.25) is 4.79 Å². The Morgan fingerprint density at radius 2 is 1.91 bits per heavy atom. The third-order valence-corrected chi connectivity index (χ3v) is 5.11. The first-order chi connectivity index (χ1) is 10.2. The van der Waals surface area contributed by atoms with Gasteiger partial charge in [-0.15, -0.1) is 0 Å². The Labute approximate surface area is 133 Å². The Balaban J connectivity index is 2.14. The molecule has 2 rings (SSSR count). The molecule has 1 aliphatic rings. The second-order valence-electron chi connectivity index (χ2n) is 5.31. The largest absolute Gasteiger partial charge is 0.459 e. The zero-order valence-electron chi connectivity index (χ0n) is 12.2. The number of rotatable bonds is 4. The van der Waals surface area contributed by atoms with Crippen molar-refractivity contribution in [1.82, 2.24) is 0 Å². The molecule has 1 saturated heterocycles. The van der Waals surface area contributed by atoms with Crippen LogP contribution in [0.3, 0.4) is 0 Å². The SMILES string of the molecule is CC(C)OC(=O)c1ccc(N2CC(S(=O)(=O)Cl)CC2=O)cc1. The van der Waals surface area contributed by atoms with Gasteiger partial charge in [0, 0.05) is 29.3 Å². The first-order valence-corrected chi connectivity index (χ1v) is 9.10. The van der Waals surface area contributed by atoms with E-state index in [-0.39, 0.29) is 25.0 Å². The van der Waals surface area contributed by atoms with Crippen LogP contribution in [-0.2, 0) is 18.6 Å². The lowest BCUT2D eigenvalue weighted by Gasteiger charge is -2.16. The van der Waals surface area contributed by atoms with Gasteiger partial charge in [0.15, 0.2) is 0 Å². The number of carbonyl (C=O) groups excluding carboxylic acids is 2. The predicted molar refractivity (Wildman–Crippen MR) is 82.5 cm³/mol. The third-order valence-electron chi connectivity index (χ3n) is 3.25. The van der Waals surface area contributed by atoms with Gasteiger partial charge in [0.25, 0.3) is 0 Å². The Morgan fingerprint density at radius 3 is 2.36 bits per heavy atom. The summed E-state index contributed by atoms with van der Waals surface area (Å²) in [6, 6.07) is 6.24. The maximum Gasteiger partial charge on any atom is 0.338 e. The Morgan fingerprint density at radius 1 is 1.32 bits per heavy atom. The van der Waals surface area contributed by atoms with Crippen LogP contribution in [-0.4, -0.2) is 38.2 Å². The molecule has 0 saturated carbocycles. The minimum Gasteiger partial charge on any atom is -0.459 e. The topological polar surface area (TPSA) is 80.8 Å². The molecular weight excluding hydrogens is 330 g/mol. The smallest absolute Gasteiger partial charge is 0.338 e. The number of carbonyl (C=O) groups is 2. The molecule has 22 heavy (non-hydrogen) atoms. The summed E-state index contributed by atoms with van der Waals surface area (Å²) in [5.41, 5.74) is 0.888. The number of benzene rings is 1. The first kappa shape index (κ1) is 16.8. The summed E-state index contributed by atoms with van der Waals surface area (Å²) in [4.78, 5) is 25.0. The van der Waals surface area contributed by atoms with Crippen LogP contribution in [0.5, 0.6) is 0 Å². The van der Waals surface area contributed by atoms with Crippen LogP contribution < -0.4 is 4.90 Å². The first-order valence-electron chi connectivity index (χ1n) is 6.73. The fraction of sp³-hybridized carbons (Fsp3) is 0.429. The van der Waals surface area contributed by atoms with E-state index in [1.807, 2.05) is 0 Å². The number of hydrogen-bond donors (Lipinski definition) is 0. The van der Waals surface area contributed by atoms with E-state index >= 15 is 0 Å². The van der Waals surface area contributed by atoms with Crippen LogP contribution in [0.25, 0.3) is 0 Å². The number of amides is 1. The Hall–Kier alpha value is -1.60. The highest BCUT2D eigenvalue weighted by Gasteiger charge is 2.37. The summed E-state index contributed by atoms with van der Waals surface area (Å²) in [5.74, 6) is -0.762. The molecule has 0 aromatic heterocycles. The third kappa shape index (κ3) is 3.78. The summed E-state index contributed by atoms with van der Waals surface area (Å²) in [7, 11) is 1.53. The van der Waals surface area contributed by atoms with Gasteiger partial charge < -0.3 is 9.64 Å². The highest BCUT2D eigenvalue weighted by atomic mass is 35.7. The summed E-state index contributed by atoms with van der Waals surface area (Å²) in [6.45, 7) is 3.52. The van der Waals surface area contributed by atoms with Crippen LogP contribution in [0.4, 0.5) is 5.69 Å². The number of hydrogen-bond acceptors (Lipinski definition) is 5. The molecule has 1 fully saturated rings. The second-order valence-corrected chi connectivity index (χ2v) is 8.22. The number of anilines is 1. The molecule has 1 aromatic carbocycles. The lowest BCUT2D eigenvalue weighted by atomic mass is 10.2. The minimum atomic E-state index is -3.78. The summed E-state index contributed by atoms with van der Waals surface area (Å²) >= 11 is 0. The molecule has 120 valence electrons. The highest BCUT2D eigenvalue weighted by Crippen LogP contribution is 2.27. The number of nitrogens with zero attached hydrogens (tertiary/aromatic N) is 1. The number of ether oxygens (including phenoxy) is 1. The van der Waals surface area contributed by atoms with E-state index in [0.717, 1.165) is 0 Å². The van der Waals surface area contributed by atoms with Gasteiger partial charge in [0.05, 0.1) is 11.7 Å². The van der Waals surface area contributed by atoms with Crippen molar-refractivity contribution in [3.05, 3.63) is 29.8 Å². The standard InChI is InChI=1S/C14H16ClNO5S/c1-9(2)21-14(18)10-3-5-11(6-4-10)16-8-12(7-13(16)17)22(15,19)20/h3-6,9,12H,7-8H2,1-2H3. The average Bonchev–Trinajstić information content (AvgIpc) is 2.80. The van der Waals surface area contributed by atoms with Gasteiger partial charge in [-0.2, -0.15) is 0 Å². The molecule has 0 bridgehead atoms. The Kier molecular flexibility index (Phi) is 4.77. The second kappa shape index (κ2) is 6.26. The lowest BCUT2D eigenvalue weighted by molar-refractivity contribution is -0.117. The lowest BCUT2D eigenvalue weighted by Crippen LogP contribution is -2.26. The van der Waals surface area contributed by atoms with E-state index in [2.05, 4.69) is 0 Å². The molecule has 1 atom stereocenters. The van der Waals surface area contributed by atoms with Crippen molar-refractivity contribution >= 4 is 37.3 Å². The van der Waals surface area contributed by atoms with Gasteiger partial charge in [-0.05, 0) is 38.1 Å². The molecule has 6 nitrogen and oxygen atoms in total. The molecule has 1 aliphatic heterocycles. The monoisotopic (exact) mass is 345 g/mol. The zero-order chi connectivity index (χ0) is 16.5. The van der Waals surface area contributed by atoms with Gasteiger partial charge in [0.2, 0.25) is 15.0 Å². The van der Waals surface area contributed by atoms with E-state index in [1.165, 1.54) is 17.0 Å². The molecule has 1 amide bonds. The van der Waals surface area contributed by atoms with Crippen molar-refractivity contribution in [3.8, 4) is 0 Å². The van der Waals surface area contributed by atoms with E-state index in [9.17, 15) is 18.0 Å². The van der Waals surface area contributed by atoms with Crippen LogP contribution in [0.15, 0.2) is 24.3 Å². The molecule has 0 N–H and O–H groups in total. The van der Waals surface area contributed by atoms with Gasteiger partial charge in [0.1, 0.15) is 5.25 Å². The summed E-state index contributed by atoms with van der Waals surface area (Å²) < 4.78 is 27.7. The van der Waals surface area contributed by atoms with Crippen LogP contribution in [0.2, 0.25) is 0 Å². The van der Waals surface area contributed by atoms with Crippen molar-refractivity contribution in [2.24, 2.45) is 0 Å². The van der Waals surface area contributed by atoms with Gasteiger partial charge in [-0.1, -0.05) is 0 Å². The van der Waals surface area contributed by atoms with Crippen molar-refractivity contribution < 1.29 is 22.7 Å². The van der Waals surface area contributed by atoms with Crippen molar-refractivity contribution in [2.75, 3.05) is 11.4 Å². The molecule has 1 unspecified atom stereocenters. The van der Waals surface area contributed by atoms with E-state index in [0.29, 0.717) is 11.3 Å². The predicted octanol–water partition coefficient (Wildman–Crippen LogP) is 1.93. The van der Waals surface area contributed by atoms with Crippen LogP contribution >= 0.6 is 10.7 Å². The van der Waals surface area contributed by atoms with Crippen molar-refractivity contribution in [1.29, 1.82) is 0 Å². The molecule has 0 radical (unpaired) electrons. The van der Waals surface area contributed by atoms with Crippen LogP contribution in [0, 0.1) is 0 Å². The number of esters is 1. The van der Waals surface area contributed by atoms with Gasteiger partial charge >= 0.3 is 5.97 Å². The molecule has 1 aromatic rings. The molecule has 1 heterocycles. The fourth-order valence-electron chi connectivity index (χ4n) is 2.17. The number of halogens is 1. The highest BCUT2D eigenvalue weighted by molar-refractivity contribution is 8.14. The molecule has 0 aliphatic carbocycles. The zero-order valence-corrected chi connectivity index (χ0v) is 13.7. The quantitative estimate of drug-likeness (QED) is 0.615. The van der Waals surface area contributed by atoms with Crippen molar-refractivity contribution in [3.63, 3.8) is 0 Å². The normalized spacial score (nSPS) is 18.8. The van der Waals surface area contributed by atoms with Gasteiger partial charge in [-0.25, -0.2) is 13.2 Å².